The molecule has 0 spiro atoms. The summed E-state index contributed by atoms with van der Waals surface area (Å²) in [5, 5.41) is 3.29. The van der Waals surface area contributed by atoms with Crippen LogP contribution in [0.1, 0.15) is 34.6 Å². The molecule has 2 heterocycles. The Hall–Kier alpha value is -2.74. The van der Waals surface area contributed by atoms with Gasteiger partial charge in [0.2, 0.25) is 0 Å². The number of nitrogens with zero attached hydrogens (tertiary/aromatic N) is 2. The number of halogens is 2. The number of nitrogens with one attached hydrogen (secondary N) is 1. The second-order valence-electron chi connectivity index (χ2n) is 5.86. The molecular weight excluding hydrogens is 372 g/mol. The van der Waals surface area contributed by atoms with Gasteiger partial charge in [0.15, 0.2) is 23.2 Å². The number of thioether (sulfide) groups is 1. The molecule has 0 aliphatic rings. The number of rotatable bonds is 5. The molecule has 8 heteroatoms. The van der Waals surface area contributed by atoms with Gasteiger partial charge in [-0.15, -0.1) is 11.8 Å². The van der Waals surface area contributed by atoms with Crippen LogP contribution in [0.4, 0.5) is 8.78 Å². The molecule has 0 aliphatic heterocycles. The van der Waals surface area contributed by atoms with Gasteiger partial charge < -0.3 is 9.73 Å². The Balaban J connectivity index is 1.88. The van der Waals surface area contributed by atoms with E-state index in [9.17, 15) is 13.6 Å². The number of hydrogen-bond donors (Lipinski definition) is 1. The molecule has 0 bridgehead atoms. The first-order valence-corrected chi connectivity index (χ1v) is 9.35. The van der Waals surface area contributed by atoms with Crippen LogP contribution in [0.25, 0.3) is 11.6 Å². The summed E-state index contributed by atoms with van der Waals surface area (Å²) in [6, 6.07) is 6.49. The second kappa shape index (κ2) is 7.87. The van der Waals surface area contributed by atoms with Gasteiger partial charge >= 0.3 is 0 Å². The van der Waals surface area contributed by atoms with Crippen molar-refractivity contribution in [1.82, 2.24) is 15.3 Å². The fraction of sp³-hybridized carbons (Fsp3) is 0.211. The Kier molecular flexibility index (Phi) is 5.55. The van der Waals surface area contributed by atoms with Crippen LogP contribution < -0.4 is 5.32 Å². The number of carbonyl (C=O) groups excluding carboxylic acids is 1. The molecule has 1 N–H and O–H groups in total. The molecule has 0 radical (unpaired) electrons. The predicted octanol–water partition coefficient (Wildman–Crippen LogP) is 4.54. The average Bonchev–Trinajstić information content (AvgIpc) is 3.17. The summed E-state index contributed by atoms with van der Waals surface area (Å²) in [5.74, 6) is -1.37. The second-order valence-corrected chi connectivity index (χ2v) is 6.66. The van der Waals surface area contributed by atoms with Gasteiger partial charge in [-0.25, -0.2) is 18.7 Å². The van der Waals surface area contributed by atoms with Crippen molar-refractivity contribution in [2.45, 2.75) is 24.9 Å². The van der Waals surface area contributed by atoms with E-state index in [1.165, 1.54) is 24.1 Å². The summed E-state index contributed by atoms with van der Waals surface area (Å²) in [4.78, 5) is 21.6. The van der Waals surface area contributed by atoms with E-state index in [-0.39, 0.29) is 5.91 Å². The van der Waals surface area contributed by atoms with E-state index in [2.05, 4.69) is 15.3 Å². The molecule has 5 nitrogen and oxygen atoms in total. The zero-order chi connectivity index (χ0) is 19.6. The quantitative estimate of drug-likeness (QED) is 0.513. The van der Waals surface area contributed by atoms with Crippen LogP contribution in [0.3, 0.4) is 0 Å². The van der Waals surface area contributed by atoms with Crippen LogP contribution >= 0.6 is 11.8 Å². The first-order valence-electron chi connectivity index (χ1n) is 8.13. The molecule has 0 aliphatic carbocycles. The minimum atomic E-state index is -0.958. The lowest BCUT2D eigenvalue weighted by Gasteiger charge is -2.17. The van der Waals surface area contributed by atoms with Crippen LogP contribution in [0.2, 0.25) is 0 Å². The van der Waals surface area contributed by atoms with Gasteiger partial charge in [0.1, 0.15) is 5.03 Å². The van der Waals surface area contributed by atoms with Crippen LogP contribution in [0.5, 0.6) is 0 Å². The molecule has 0 saturated heterocycles. The van der Waals surface area contributed by atoms with Crippen molar-refractivity contribution < 1.29 is 18.0 Å². The van der Waals surface area contributed by atoms with Gasteiger partial charge in [0.05, 0.1) is 23.6 Å². The Morgan fingerprint density at radius 2 is 2.00 bits per heavy atom. The van der Waals surface area contributed by atoms with Crippen LogP contribution in [-0.2, 0) is 0 Å². The monoisotopic (exact) mass is 389 g/mol. The highest BCUT2D eigenvalue weighted by Gasteiger charge is 2.21. The summed E-state index contributed by atoms with van der Waals surface area (Å²) in [7, 11) is 0. The average molecular weight is 389 g/mol. The van der Waals surface area contributed by atoms with Crippen molar-refractivity contribution in [3.05, 3.63) is 65.1 Å². The summed E-state index contributed by atoms with van der Waals surface area (Å²) in [5.41, 5.74) is 1.29. The molecule has 3 aromatic rings. The lowest BCUT2D eigenvalue weighted by atomic mass is 10.1. The van der Waals surface area contributed by atoms with E-state index in [4.69, 9.17) is 4.42 Å². The molecule has 27 heavy (non-hydrogen) atoms. The molecule has 1 unspecified atom stereocenters. The van der Waals surface area contributed by atoms with Gasteiger partial charge in [-0.3, -0.25) is 4.79 Å². The molecule has 1 amide bonds. The number of aromatic nitrogens is 2. The molecule has 0 fully saturated rings. The topological polar surface area (TPSA) is 68.0 Å². The Bertz CT molecular complexity index is 977. The number of benzene rings is 1. The van der Waals surface area contributed by atoms with Crippen molar-refractivity contribution in [3.8, 4) is 11.6 Å². The number of furan rings is 1. The van der Waals surface area contributed by atoms with Gasteiger partial charge in [-0.05, 0) is 49.9 Å². The van der Waals surface area contributed by atoms with Crippen molar-refractivity contribution in [2.75, 3.05) is 6.26 Å². The molecule has 3 rings (SSSR count). The minimum absolute atomic E-state index is 0.340. The highest BCUT2D eigenvalue weighted by molar-refractivity contribution is 7.98. The molecule has 2 aromatic heterocycles. The van der Waals surface area contributed by atoms with E-state index in [1.54, 1.807) is 26.0 Å². The van der Waals surface area contributed by atoms with Gasteiger partial charge in [-0.2, -0.15) is 0 Å². The zero-order valence-electron chi connectivity index (χ0n) is 14.9. The number of carbonyl (C=O) groups is 1. The highest BCUT2D eigenvalue weighted by atomic mass is 32.2. The maximum atomic E-state index is 13.4. The van der Waals surface area contributed by atoms with Crippen LogP contribution in [0, 0.1) is 18.6 Å². The van der Waals surface area contributed by atoms with Crippen molar-refractivity contribution in [1.29, 1.82) is 0 Å². The first-order chi connectivity index (χ1) is 12.9. The minimum Gasteiger partial charge on any atom is -0.461 e. The largest absolute Gasteiger partial charge is 0.461 e. The van der Waals surface area contributed by atoms with Gasteiger partial charge in [0, 0.05) is 0 Å². The summed E-state index contributed by atoms with van der Waals surface area (Å²) < 4.78 is 31.9. The van der Waals surface area contributed by atoms with E-state index in [0.29, 0.717) is 33.4 Å². The van der Waals surface area contributed by atoms with E-state index in [0.717, 1.165) is 12.1 Å². The lowest BCUT2D eigenvalue weighted by molar-refractivity contribution is 0.0935. The summed E-state index contributed by atoms with van der Waals surface area (Å²) in [6.45, 7) is 3.40. The maximum absolute atomic E-state index is 13.4. The van der Waals surface area contributed by atoms with Gasteiger partial charge in [0.25, 0.3) is 5.91 Å². The molecular formula is C19H17F2N3O2S. The summed E-state index contributed by atoms with van der Waals surface area (Å²) in [6.07, 6.45) is 3.33. The lowest BCUT2D eigenvalue weighted by Crippen LogP contribution is -2.28. The fourth-order valence-electron chi connectivity index (χ4n) is 2.61. The Morgan fingerprint density at radius 3 is 2.63 bits per heavy atom. The van der Waals surface area contributed by atoms with Crippen LogP contribution in [0.15, 0.2) is 46.0 Å². The number of aryl methyl sites for hydroxylation is 1. The standard InChI is InChI=1S/C19H17F2N3O2S/c1-10(12-6-7-13(20)14(21)9-12)23-18(25)16-11(2)22-17(24-19(16)27-3)15-5-4-8-26-15/h4-10H,1-3H3,(H,23,25). The zero-order valence-corrected chi connectivity index (χ0v) is 15.7. The maximum Gasteiger partial charge on any atom is 0.256 e. The third-order valence-corrected chi connectivity index (χ3v) is 4.69. The SMILES string of the molecule is CSc1nc(-c2ccco2)nc(C)c1C(=O)NC(C)c1ccc(F)c(F)c1. The third-order valence-electron chi connectivity index (χ3n) is 4.01. The first kappa shape index (κ1) is 19.0. The van der Waals surface area contributed by atoms with E-state index >= 15 is 0 Å². The van der Waals surface area contributed by atoms with Crippen LogP contribution in [-0.4, -0.2) is 22.1 Å². The van der Waals surface area contributed by atoms with E-state index < -0.39 is 17.7 Å². The Morgan fingerprint density at radius 1 is 1.22 bits per heavy atom. The van der Waals surface area contributed by atoms with E-state index in [1.807, 2.05) is 6.26 Å². The highest BCUT2D eigenvalue weighted by Crippen LogP contribution is 2.26. The molecule has 140 valence electrons. The Labute approximate surface area is 159 Å². The van der Waals surface area contributed by atoms with Gasteiger partial charge in [-0.1, -0.05) is 6.07 Å². The van der Waals surface area contributed by atoms with Crippen molar-refractivity contribution in [3.63, 3.8) is 0 Å². The van der Waals surface area contributed by atoms with Crippen molar-refractivity contribution in [2.24, 2.45) is 0 Å². The third kappa shape index (κ3) is 4.00. The normalized spacial score (nSPS) is 12.0. The molecule has 0 saturated carbocycles. The molecule has 1 aromatic carbocycles. The van der Waals surface area contributed by atoms with Crippen molar-refractivity contribution >= 4 is 17.7 Å². The smallest absolute Gasteiger partial charge is 0.256 e. The molecule has 1 atom stereocenters. The summed E-state index contributed by atoms with van der Waals surface area (Å²) >= 11 is 1.31. The fourth-order valence-corrected chi connectivity index (χ4v) is 3.23. The number of hydrogen-bond acceptors (Lipinski definition) is 5. The predicted molar refractivity (Wildman–Crippen MR) is 98.5 cm³/mol. The number of amides is 1.